The van der Waals surface area contributed by atoms with Crippen molar-refractivity contribution in [1.82, 2.24) is 35.0 Å². The maximum Gasteiger partial charge on any atom is 0.405 e. The van der Waals surface area contributed by atoms with Gasteiger partial charge in [-0.25, -0.2) is 14.8 Å². The van der Waals surface area contributed by atoms with Crippen LogP contribution in [0.1, 0.15) is 26.3 Å². The Bertz CT molecular complexity index is 985. The fraction of sp³-hybridized carbons (Fsp3) is 0.565. The molecule has 4 heterocycles. The van der Waals surface area contributed by atoms with Crippen LogP contribution in [0.2, 0.25) is 0 Å². The fourth-order valence-corrected chi connectivity index (χ4v) is 4.91. The van der Waals surface area contributed by atoms with Gasteiger partial charge in [-0.15, -0.1) is 0 Å². The van der Waals surface area contributed by atoms with E-state index >= 15 is 0 Å². The third-order valence-electron chi connectivity index (χ3n) is 6.90. The zero-order valence-corrected chi connectivity index (χ0v) is 20.2. The minimum Gasteiger partial charge on any atom is -0.465 e. The van der Waals surface area contributed by atoms with Gasteiger partial charge in [-0.3, -0.25) is 14.6 Å². The van der Waals surface area contributed by atoms with Crippen LogP contribution in [0.5, 0.6) is 0 Å². The molecule has 2 fully saturated rings. The largest absolute Gasteiger partial charge is 0.465 e. The van der Waals surface area contributed by atoms with Gasteiger partial charge in [0.2, 0.25) is 5.91 Å². The molecule has 0 spiro atoms. The number of hydrogen-bond acceptors (Lipinski definition) is 7. The van der Waals surface area contributed by atoms with Crippen molar-refractivity contribution in [2.45, 2.75) is 32.7 Å². The highest BCUT2D eigenvalue weighted by Crippen LogP contribution is 2.36. The molecule has 11 heteroatoms. The van der Waals surface area contributed by atoms with Crippen LogP contribution in [0.3, 0.4) is 0 Å². The summed E-state index contributed by atoms with van der Waals surface area (Å²) in [5.41, 5.74) is -0.538. The Balaban J connectivity index is 1.51. The molecule has 1 aromatic heterocycles. The van der Waals surface area contributed by atoms with Crippen molar-refractivity contribution in [2.24, 2.45) is 5.41 Å². The summed E-state index contributed by atoms with van der Waals surface area (Å²) < 4.78 is 0. The topological polar surface area (TPSA) is 113 Å². The van der Waals surface area contributed by atoms with Crippen molar-refractivity contribution < 1.29 is 19.5 Å². The van der Waals surface area contributed by atoms with E-state index < -0.39 is 17.0 Å². The number of carboxylic acid groups (broad SMARTS) is 1. The summed E-state index contributed by atoms with van der Waals surface area (Å²) in [7, 11) is 1.94. The van der Waals surface area contributed by atoms with Crippen molar-refractivity contribution in [2.75, 3.05) is 46.6 Å². The SMILES string of the molecule is CN1C=C2C(=O)N(N3CCN(C(=O)[C@](Cc4ccncc4)(NC(=O)O)C(C)(C)C)CC3)CN2C1. The van der Waals surface area contributed by atoms with Gasteiger partial charge in [0.15, 0.2) is 0 Å². The molecule has 1 atom stereocenters. The molecule has 1 aromatic rings. The number of aromatic nitrogens is 1. The molecule has 11 nitrogen and oxygen atoms in total. The third-order valence-corrected chi connectivity index (χ3v) is 6.90. The number of hydrogen-bond donors (Lipinski definition) is 2. The van der Waals surface area contributed by atoms with E-state index in [1.807, 2.05) is 48.8 Å². The lowest BCUT2D eigenvalue weighted by molar-refractivity contribution is -0.153. The van der Waals surface area contributed by atoms with E-state index in [2.05, 4.69) is 10.3 Å². The lowest BCUT2D eigenvalue weighted by Crippen LogP contribution is -2.69. The number of piperazine rings is 1. The molecule has 0 bridgehead atoms. The van der Waals surface area contributed by atoms with Crippen molar-refractivity contribution in [3.63, 3.8) is 0 Å². The Hall–Kier alpha value is -3.34. The van der Waals surface area contributed by atoms with Gasteiger partial charge in [0.05, 0.1) is 6.67 Å². The maximum atomic E-state index is 14.0. The predicted molar refractivity (Wildman–Crippen MR) is 124 cm³/mol. The Kier molecular flexibility index (Phi) is 6.15. The smallest absolute Gasteiger partial charge is 0.405 e. The Morgan fingerprint density at radius 2 is 1.74 bits per heavy atom. The Morgan fingerprint density at radius 3 is 2.29 bits per heavy atom. The molecule has 3 amide bonds. The Labute approximate surface area is 199 Å². The normalized spacial score (nSPS) is 20.8. The highest BCUT2D eigenvalue weighted by molar-refractivity contribution is 5.95. The zero-order chi connectivity index (χ0) is 24.7. The van der Waals surface area contributed by atoms with Crippen LogP contribution in [-0.4, -0.2) is 105 Å². The highest BCUT2D eigenvalue weighted by Gasteiger charge is 2.52. The van der Waals surface area contributed by atoms with E-state index in [0.717, 1.165) is 5.56 Å². The van der Waals surface area contributed by atoms with Crippen LogP contribution in [0.25, 0.3) is 0 Å². The molecule has 0 radical (unpaired) electrons. The zero-order valence-electron chi connectivity index (χ0n) is 20.2. The van der Waals surface area contributed by atoms with Gasteiger partial charge >= 0.3 is 6.09 Å². The van der Waals surface area contributed by atoms with Gasteiger partial charge in [0, 0.05) is 58.2 Å². The predicted octanol–water partition coefficient (Wildman–Crippen LogP) is 0.582. The quantitative estimate of drug-likeness (QED) is 0.642. The van der Waals surface area contributed by atoms with Crippen LogP contribution in [-0.2, 0) is 16.0 Å². The average molecular weight is 472 g/mol. The third kappa shape index (κ3) is 4.27. The molecule has 2 N–H and O–H groups in total. The second-order valence-electron chi connectivity index (χ2n) is 10.2. The van der Waals surface area contributed by atoms with Crippen molar-refractivity contribution in [3.8, 4) is 0 Å². The Morgan fingerprint density at radius 1 is 1.09 bits per heavy atom. The van der Waals surface area contributed by atoms with E-state index in [1.165, 1.54) is 0 Å². The van der Waals surface area contributed by atoms with Crippen LogP contribution < -0.4 is 5.32 Å². The summed E-state index contributed by atoms with van der Waals surface area (Å²) in [6.45, 7) is 8.59. The van der Waals surface area contributed by atoms with Gasteiger partial charge in [-0.1, -0.05) is 20.8 Å². The van der Waals surface area contributed by atoms with Crippen LogP contribution >= 0.6 is 0 Å². The summed E-state index contributed by atoms with van der Waals surface area (Å²) >= 11 is 0. The van der Waals surface area contributed by atoms with Crippen LogP contribution in [0.4, 0.5) is 4.79 Å². The van der Waals surface area contributed by atoms with Crippen molar-refractivity contribution in [1.29, 1.82) is 0 Å². The van der Waals surface area contributed by atoms with Gasteiger partial charge < -0.3 is 25.1 Å². The second-order valence-corrected chi connectivity index (χ2v) is 10.2. The maximum absolute atomic E-state index is 14.0. The first-order valence-corrected chi connectivity index (χ1v) is 11.4. The molecule has 0 unspecified atom stereocenters. The first kappa shape index (κ1) is 23.8. The number of carbonyl (C=O) groups excluding carboxylic acids is 2. The molecule has 34 heavy (non-hydrogen) atoms. The first-order valence-electron chi connectivity index (χ1n) is 11.4. The molecule has 4 rings (SSSR count). The molecule has 3 aliphatic heterocycles. The van der Waals surface area contributed by atoms with E-state index in [1.54, 1.807) is 34.4 Å². The van der Waals surface area contributed by atoms with Crippen LogP contribution in [0, 0.1) is 5.41 Å². The minimum atomic E-state index is -1.36. The van der Waals surface area contributed by atoms with Crippen LogP contribution in [0.15, 0.2) is 36.4 Å². The van der Waals surface area contributed by atoms with Gasteiger partial charge in [0.25, 0.3) is 5.91 Å². The highest BCUT2D eigenvalue weighted by atomic mass is 16.4. The number of amides is 3. The minimum absolute atomic E-state index is 0.0293. The lowest BCUT2D eigenvalue weighted by atomic mass is 9.69. The number of carbonyl (C=O) groups is 3. The fourth-order valence-electron chi connectivity index (χ4n) is 4.91. The van der Waals surface area contributed by atoms with Gasteiger partial charge in [-0.05, 0) is 23.1 Å². The number of rotatable bonds is 5. The van der Waals surface area contributed by atoms with E-state index in [0.29, 0.717) is 45.2 Å². The molecule has 184 valence electrons. The molecule has 2 saturated heterocycles. The molecule has 0 saturated carbocycles. The monoisotopic (exact) mass is 471 g/mol. The summed E-state index contributed by atoms with van der Waals surface area (Å²) in [5.74, 6) is -0.282. The summed E-state index contributed by atoms with van der Waals surface area (Å²) in [4.78, 5) is 48.4. The number of pyridine rings is 1. The standard InChI is InChI=1S/C23H33N7O4/c1-22(2,3)23(25-21(33)34,13-17-5-7-24-8-6-17)20(32)27-9-11-29(12-10-27)30-16-28-15-26(4)14-18(28)19(30)31/h5-8,14,25H,9-13,15-16H2,1-4H3,(H,33,34)/t23-/m0/s1. The molecule has 3 aliphatic rings. The lowest BCUT2D eigenvalue weighted by Gasteiger charge is -2.48. The second kappa shape index (κ2) is 8.79. The number of nitrogens with zero attached hydrogens (tertiary/aromatic N) is 6. The van der Waals surface area contributed by atoms with E-state index in [-0.39, 0.29) is 18.2 Å². The summed E-state index contributed by atoms with van der Waals surface area (Å²) in [6, 6.07) is 3.60. The van der Waals surface area contributed by atoms with Crippen molar-refractivity contribution in [3.05, 3.63) is 42.0 Å². The number of hydrazine groups is 1. The van der Waals surface area contributed by atoms with E-state index in [9.17, 15) is 19.5 Å². The first-order chi connectivity index (χ1) is 16.0. The molecule has 0 aliphatic carbocycles. The summed E-state index contributed by atoms with van der Waals surface area (Å²) in [5, 5.41) is 16.0. The number of fused-ring (bicyclic) bond motifs is 1. The van der Waals surface area contributed by atoms with Gasteiger partial charge in [0.1, 0.15) is 17.9 Å². The van der Waals surface area contributed by atoms with Crippen molar-refractivity contribution >= 4 is 17.9 Å². The molecular formula is C23H33N7O4. The van der Waals surface area contributed by atoms with Gasteiger partial charge in [-0.2, -0.15) is 0 Å². The average Bonchev–Trinajstić information content (AvgIpc) is 3.29. The molecular weight excluding hydrogens is 438 g/mol. The number of nitrogens with one attached hydrogen (secondary N) is 1. The molecule has 0 aromatic carbocycles. The van der Waals surface area contributed by atoms with E-state index in [4.69, 9.17) is 0 Å². The summed E-state index contributed by atoms with van der Waals surface area (Å²) in [6.07, 6.45) is 4.11.